The molecule has 0 aliphatic heterocycles. The van der Waals surface area contributed by atoms with Gasteiger partial charge in [0, 0.05) is 12.3 Å². The monoisotopic (exact) mass is 330 g/mol. The van der Waals surface area contributed by atoms with Gasteiger partial charge in [0.25, 0.3) is 5.91 Å². The molecule has 1 heterocycles. The van der Waals surface area contributed by atoms with Crippen LogP contribution in [0.2, 0.25) is 0 Å². The molecular formula is C18H19FN2O3. The third kappa shape index (κ3) is 3.32. The van der Waals surface area contributed by atoms with Crippen molar-refractivity contribution in [3.05, 3.63) is 63.3 Å². The number of aryl methyl sites for hydroxylation is 1. The minimum Gasteiger partial charge on any atom is -0.491 e. The number of benzene rings is 1. The SMILES string of the molecule is COc1c[nH]c(C(=O)NC(c2ccc(F)c(C)c2)C2CC2)cc1=O. The Bertz CT molecular complexity index is 827. The van der Waals surface area contributed by atoms with Crippen molar-refractivity contribution in [2.75, 3.05) is 7.11 Å². The van der Waals surface area contributed by atoms with Gasteiger partial charge in [0.05, 0.1) is 13.2 Å². The average Bonchev–Trinajstić information content (AvgIpc) is 3.40. The molecule has 126 valence electrons. The van der Waals surface area contributed by atoms with E-state index in [1.807, 2.05) is 0 Å². The van der Waals surface area contributed by atoms with E-state index in [9.17, 15) is 14.0 Å². The number of hydrogen-bond donors (Lipinski definition) is 2. The fourth-order valence-corrected chi connectivity index (χ4v) is 2.73. The zero-order valence-electron chi connectivity index (χ0n) is 13.6. The molecule has 6 heteroatoms. The molecule has 1 atom stereocenters. The van der Waals surface area contributed by atoms with Crippen LogP contribution in [-0.4, -0.2) is 18.0 Å². The van der Waals surface area contributed by atoms with Gasteiger partial charge in [-0.1, -0.05) is 12.1 Å². The zero-order chi connectivity index (χ0) is 17.3. The third-order valence-corrected chi connectivity index (χ3v) is 4.26. The van der Waals surface area contributed by atoms with E-state index < -0.39 is 0 Å². The van der Waals surface area contributed by atoms with E-state index in [0.717, 1.165) is 18.4 Å². The van der Waals surface area contributed by atoms with Crippen molar-refractivity contribution in [3.63, 3.8) is 0 Å². The number of amides is 1. The van der Waals surface area contributed by atoms with E-state index in [4.69, 9.17) is 4.74 Å². The number of nitrogens with one attached hydrogen (secondary N) is 2. The minimum absolute atomic E-state index is 0.152. The van der Waals surface area contributed by atoms with E-state index in [0.29, 0.717) is 11.5 Å². The number of methoxy groups -OCH3 is 1. The summed E-state index contributed by atoms with van der Waals surface area (Å²) in [6.45, 7) is 1.70. The number of H-pyrrole nitrogens is 1. The van der Waals surface area contributed by atoms with Crippen LogP contribution in [0.3, 0.4) is 0 Å². The van der Waals surface area contributed by atoms with Crippen LogP contribution >= 0.6 is 0 Å². The molecule has 1 aliphatic carbocycles. The van der Waals surface area contributed by atoms with Crippen LogP contribution in [0, 0.1) is 18.7 Å². The summed E-state index contributed by atoms with van der Waals surface area (Å²) in [5.74, 6) is -0.143. The number of ether oxygens (including phenoxy) is 1. The van der Waals surface area contributed by atoms with Gasteiger partial charge in [-0.2, -0.15) is 0 Å². The lowest BCUT2D eigenvalue weighted by Gasteiger charge is -2.19. The molecule has 1 aliphatic rings. The summed E-state index contributed by atoms with van der Waals surface area (Å²) in [5.41, 5.74) is 1.23. The van der Waals surface area contributed by atoms with Crippen molar-refractivity contribution in [3.8, 4) is 5.75 Å². The van der Waals surface area contributed by atoms with Crippen LogP contribution in [0.1, 0.15) is 40.5 Å². The minimum atomic E-state index is -0.367. The maximum absolute atomic E-state index is 13.5. The highest BCUT2D eigenvalue weighted by Crippen LogP contribution is 2.41. The number of hydrogen-bond acceptors (Lipinski definition) is 3. The summed E-state index contributed by atoms with van der Waals surface area (Å²) in [5, 5.41) is 2.95. The van der Waals surface area contributed by atoms with Crippen molar-refractivity contribution < 1.29 is 13.9 Å². The molecule has 1 saturated carbocycles. The van der Waals surface area contributed by atoms with Crippen molar-refractivity contribution in [1.82, 2.24) is 10.3 Å². The maximum atomic E-state index is 13.5. The topological polar surface area (TPSA) is 71.2 Å². The smallest absolute Gasteiger partial charge is 0.268 e. The fraction of sp³-hybridized carbons (Fsp3) is 0.333. The lowest BCUT2D eigenvalue weighted by atomic mass is 10.00. The Balaban J connectivity index is 1.83. The van der Waals surface area contributed by atoms with E-state index >= 15 is 0 Å². The molecule has 0 spiro atoms. The first-order chi connectivity index (χ1) is 11.5. The first-order valence-electron chi connectivity index (χ1n) is 7.83. The fourth-order valence-electron chi connectivity index (χ4n) is 2.73. The van der Waals surface area contributed by atoms with Crippen molar-refractivity contribution in [2.24, 2.45) is 5.92 Å². The Morgan fingerprint density at radius 3 is 2.71 bits per heavy atom. The normalized spacial score (nSPS) is 15.0. The molecule has 0 saturated heterocycles. The van der Waals surface area contributed by atoms with Crippen molar-refractivity contribution >= 4 is 5.91 Å². The predicted octanol–water partition coefficient (Wildman–Crippen LogP) is 2.71. The summed E-state index contributed by atoms with van der Waals surface area (Å²) < 4.78 is 18.4. The van der Waals surface area contributed by atoms with Crippen molar-refractivity contribution in [2.45, 2.75) is 25.8 Å². The molecule has 1 fully saturated rings. The Hall–Kier alpha value is -2.63. The van der Waals surface area contributed by atoms with Gasteiger partial charge in [0.1, 0.15) is 11.5 Å². The van der Waals surface area contributed by atoms with Gasteiger partial charge in [0.15, 0.2) is 5.75 Å². The molecule has 0 bridgehead atoms. The quantitative estimate of drug-likeness (QED) is 0.885. The van der Waals surface area contributed by atoms with E-state index in [1.165, 1.54) is 25.4 Å². The second-order valence-corrected chi connectivity index (χ2v) is 6.08. The zero-order valence-corrected chi connectivity index (χ0v) is 13.6. The Morgan fingerprint density at radius 1 is 1.38 bits per heavy atom. The molecule has 1 aromatic carbocycles. The maximum Gasteiger partial charge on any atom is 0.268 e. The molecule has 24 heavy (non-hydrogen) atoms. The number of carbonyl (C=O) groups is 1. The number of halogens is 1. The molecule has 5 nitrogen and oxygen atoms in total. The highest BCUT2D eigenvalue weighted by Gasteiger charge is 2.34. The van der Waals surface area contributed by atoms with Crippen LogP contribution < -0.4 is 15.5 Å². The van der Waals surface area contributed by atoms with Gasteiger partial charge in [-0.15, -0.1) is 0 Å². The predicted molar refractivity (Wildman–Crippen MR) is 87.7 cm³/mol. The second-order valence-electron chi connectivity index (χ2n) is 6.08. The number of rotatable bonds is 5. The van der Waals surface area contributed by atoms with Gasteiger partial charge in [-0.3, -0.25) is 9.59 Å². The standard InChI is InChI=1S/C18H19FN2O3/c1-10-7-12(5-6-13(10)19)17(11-3-4-11)21-18(23)14-8-15(22)16(24-2)9-20-14/h5-9,11,17H,3-4H2,1-2H3,(H,20,22)(H,21,23). The lowest BCUT2D eigenvalue weighted by Crippen LogP contribution is -2.31. The summed E-state index contributed by atoms with van der Waals surface area (Å²) in [6.07, 6.45) is 3.40. The average molecular weight is 330 g/mol. The highest BCUT2D eigenvalue weighted by molar-refractivity contribution is 5.92. The summed E-state index contributed by atoms with van der Waals surface area (Å²) in [6, 6.07) is 5.90. The van der Waals surface area contributed by atoms with Gasteiger partial charge in [-0.05, 0) is 42.9 Å². The molecular weight excluding hydrogens is 311 g/mol. The van der Waals surface area contributed by atoms with E-state index in [1.54, 1.807) is 19.1 Å². The number of aromatic amines is 1. The number of aromatic nitrogens is 1. The molecule has 1 amide bonds. The summed E-state index contributed by atoms with van der Waals surface area (Å²) >= 11 is 0. The summed E-state index contributed by atoms with van der Waals surface area (Å²) in [7, 11) is 1.39. The van der Waals surface area contributed by atoms with Crippen LogP contribution in [0.15, 0.2) is 35.3 Å². The van der Waals surface area contributed by atoms with E-state index in [2.05, 4.69) is 10.3 Å². The van der Waals surface area contributed by atoms with Crippen LogP contribution in [-0.2, 0) is 0 Å². The molecule has 0 radical (unpaired) electrons. The molecule has 1 unspecified atom stereocenters. The second kappa shape index (κ2) is 6.47. The van der Waals surface area contributed by atoms with Crippen LogP contribution in [0.4, 0.5) is 4.39 Å². The molecule has 2 N–H and O–H groups in total. The van der Waals surface area contributed by atoms with Crippen molar-refractivity contribution in [1.29, 1.82) is 0 Å². The first-order valence-corrected chi connectivity index (χ1v) is 7.83. The lowest BCUT2D eigenvalue weighted by molar-refractivity contribution is 0.0926. The van der Waals surface area contributed by atoms with Gasteiger partial charge in [-0.25, -0.2) is 4.39 Å². The van der Waals surface area contributed by atoms with Gasteiger partial charge >= 0.3 is 0 Å². The highest BCUT2D eigenvalue weighted by atomic mass is 19.1. The van der Waals surface area contributed by atoms with Crippen LogP contribution in [0.5, 0.6) is 5.75 Å². The molecule has 1 aromatic heterocycles. The number of pyridine rings is 1. The largest absolute Gasteiger partial charge is 0.491 e. The Labute approximate surface area is 138 Å². The Morgan fingerprint density at radius 2 is 2.12 bits per heavy atom. The van der Waals surface area contributed by atoms with Gasteiger partial charge < -0.3 is 15.0 Å². The van der Waals surface area contributed by atoms with Gasteiger partial charge in [0.2, 0.25) is 5.43 Å². The summed E-state index contributed by atoms with van der Waals surface area (Å²) in [4.78, 5) is 27.0. The number of carbonyl (C=O) groups excluding carboxylic acids is 1. The Kier molecular flexibility index (Phi) is 4.38. The third-order valence-electron chi connectivity index (χ3n) is 4.26. The molecule has 3 rings (SSSR count). The molecule has 2 aromatic rings. The van der Waals surface area contributed by atoms with Crippen LogP contribution in [0.25, 0.3) is 0 Å². The van der Waals surface area contributed by atoms with E-state index in [-0.39, 0.29) is 34.6 Å². The first kappa shape index (κ1) is 16.2.